The molecule has 5 nitrogen and oxygen atoms in total. The molecule has 6 heteroatoms. The second-order valence-electron chi connectivity index (χ2n) is 6.19. The van der Waals surface area contributed by atoms with Crippen molar-refractivity contribution >= 4 is 15.8 Å². The molecule has 0 aromatic heterocycles. The van der Waals surface area contributed by atoms with E-state index in [1.807, 2.05) is 13.0 Å². The number of benzene rings is 1. The molecule has 0 radical (unpaired) electrons. The number of rotatable bonds is 3. The van der Waals surface area contributed by atoms with E-state index in [0.717, 1.165) is 5.56 Å². The summed E-state index contributed by atoms with van der Waals surface area (Å²) in [5, 5.41) is 12.4. The molecular weight excluding hydrogens is 290 g/mol. The SMILES string of the molecule is Cc1cccc(S(=O)(=O)C23CNCC2CC(C(=O)O)C3)c1. The number of sulfone groups is 1. The van der Waals surface area contributed by atoms with Gasteiger partial charge in [0, 0.05) is 6.54 Å². The molecule has 2 N–H and O–H groups in total. The summed E-state index contributed by atoms with van der Waals surface area (Å²) in [6.07, 6.45) is 0.643. The predicted octanol–water partition coefficient (Wildman–Crippen LogP) is 1.22. The molecule has 0 bridgehead atoms. The van der Waals surface area contributed by atoms with Crippen LogP contribution in [0, 0.1) is 18.8 Å². The summed E-state index contributed by atoms with van der Waals surface area (Å²) in [4.78, 5) is 11.6. The van der Waals surface area contributed by atoms with Crippen LogP contribution in [-0.4, -0.2) is 37.3 Å². The normalized spacial score (nSPS) is 32.0. The first-order valence-electron chi connectivity index (χ1n) is 7.12. The Morgan fingerprint density at radius 3 is 2.86 bits per heavy atom. The smallest absolute Gasteiger partial charge is 0.306 e. The Morgan fingerprint density at radius 1 is 1.43 bits per heavy atom. The molecule has 3 atom stereocenters. The molecule has 21 heavy (non-hydrogen) atoms. The van der Waals surface area contributed by atoms with Crippen LogP contribution in [0.2, 0.25) is 0 Å². The van der Waals surface area contributed by atoms with Crippen molar-refractivity contribution in [2.24, 2.45) is 11.8 Å². The second kappa shape index (κ2) is 4.81. The minimum atomic E-state index is -3.55. The Balaban J connectivity index is 2.06. The van der Waals surface area contributed by atoms with E-state index in [2.05, 4.69) is 5.32 Å². The number of aliphatic carboxylic acids is 1. The maximum atomic E-state index is 13.1. The van der Waals surface area contributed by atoms with Crippen LogP contribution in [0.4, 0.5) is 0 Å². The van der Waals surface area contributed by atoms with E-state index in [-0.39, 0.29) is 12.3 Å². The summed E-state index contributed by atoms with van der Waals surface area (Å²) in [5.74, 6) is -1.57. The van der Waals surface area contributed by atoms with Gasteiger partial charge in [-0.2, -0.15) is 0 Å². The monoisotopic (exact) mass is 309 g/mol. The predicted molar refractivity (Wildman–Crippen MR) is 77.8 cm³/mol. The summed E-state index contributed by atoms with van der Waals surface area (Å²) in [5.41, 5.74) is 0.891. The highest BCUT2D eigenvalue weighted by Gasteiger charge is 2.60. The average Bonchev–Trinajstić information content (AvgIpc) is 2.96. The first-order chi connectivity index (χ1) is 9.87. The van der Waals surface area contributed by atoms with Gasteiger partial charge < -0.3 is 10.4 Å². The van der Waals surface area contributed by atoms with Gasteiger partial charge in [0.15, 0.2) is 9.84 Å². The summed E-state index contributed by atoms with van der Waals surface area (Å²) in [7, 11) is -3.55. The molecule has 0 spiro atoms. The number of fused-ring (bicyclic) bond motifs is 1. The Bertz CT molecular complexity index is 685. The van der Waals surface area contributed by atoms with Gasteiger partial charge in [-0.3, -0.25) is 4.79 Å². The van der Waals surface area contributed by atoms with Crippen LogP contribution >= 0.6 is 0 Å². The van der Waals surface area contributed by atoms with E-state index in [4.69, 9.17) is 0 Å². The van der Waals surface area contributed by atoms with E-state index in [9.17, 15) is 18.3 Å². The van der Waals surface area contributed by atoms with Crippen LogP contribution in [0.1, 0.15) is 18.4 Å². The van der Waals surface area contributed by atoms with Gasteiger partial charge in [0.25, 0.3) is 0 Å². The van der Waals surface area contributed by atoms with Gasteiger partial charge in [-0.15, -0.1) is 0 Å². The molecule has 1 aliphatic heterocycles. The van der Waals surface area contributed by atoms with Crippen molar-refractivity contribution in [2.75, 3.05) is 13.1 Å². The molecule has 1 saturated heterocycles. The van der Waals surface area contributed by atoms with E-state index >= 15 is 0 Å². The Morgan fingerprint density at radius 2 is 2.19 bits per heavy atom. The van der Waals surface area contributed by atoms with Crippen LogP contribution in [0.15, 0.2) is 29.2 Å². The minimum absolute atomic E-state index is 0.121. The van der Waals surface area contributed by atoms with Gasteiger partial charge in [-0.25, -0.2) is 8.42 Å². The number of hydrogen-bond donors (Lipinski definition) is 2. The number of nitrogens with one attached hydrogen (secondary N) is 1. The lowest BCUT2D eigenvalue weighted by atomic mass is 10.00. The van der Waals surface area contributed by atoms with E-state index < -0.39 is 26.5 Å². The van der Waals surface area contributed by atoms with Crippen LogP contribution in [0.3, 0.4) is 0 Å². The van der Waals surface area contributed by atoms with Crippen molar-refractivity contribution < 1.29 is 18.3 Å². The maximum Gasteiger partial charge on any atom is 0.306 e. The number of carboxylic acids is 1. The third-order valence-electron chi connectivity index (χ3n) is 4.90. The Hall–Kier alpha value is -1.40. The third kappa shape index (κ3) is 2.08. The maximum absolute atomic E-state index is 13.1. The molecule has 1 heterocycles. The fourth-order valence-electron chi connectivity index (χ4n) is 3.80. The molecule has 2 aliphatic rings. The summed E-state index contributed by atoms with van der Waals surface area (Å²) in [6.45, 7) is 2.78. The van der Waals surface area contributed by atoms with Crippen molar-refractivity contribution in [1.82, 2.24) is 5.32 Å². The summed E-state index contributed by atoms with van der Waals surface area (Å²) >= 11 is 0. The molecule has 3 unspecified atom stereocenters. The molecule has 1 aromatic carbocycles. The van der Waals surface area contributed by atoms with E-state index in [1.165, 1.54) is 0 Å². The van der Waals surface area contributed by atoms with Gasteiger partial charge in [-0.1, -0.05) is 12.1 Å². The van der Waals surface area contributed by atoms with Crippen LogP contribution < -0.4 is 5.32 Å². The van der Waals surface area contributed by atoms with Gasteiger partial charge >= 0.3 is 5.97 Å². The fourth-order valence-corrected chi connectivity index (χ4v) is 6.20. The van der Waals surface area contributed by atoms with Gasteiger partial charge in [0.05, 0.1) is 15.6 Å². The summed E-state index contributed by atoms with van der Waals surface area (Å²) < 4.78 is 25.3. The molecule has 114 valence electrons. The summed E-state index contributed by atoms with van der Waals surface area (Å²) in [6, 6.07) is 6.88. The standard InChI is InChI=1S/C15H19NO4S/c1-10-3-2-4-13(5-10)21(19,20)15-7-11(14(17)18)6-12(15)8-16-9-15/h2-5,11-12,16H,6-9H2,1H3,(H,17,18). The largest absolute Gasteiger partial charge is 0.481 e. The third-order valence-corrected chi connectivity index (χ3v) is 7.49. The molecule has 2 fully saturated rings. The first-order valence-corrected chi connectivity index (χ1v) is 8.60. The van der Waals surface area contributed by atoms with Crippen molar-refractivity contribution in [1.29, 1.82) is 0 Å². The van der Waals surface area contributed by atoms with Crippen molar-refractivity contribution in [2.45, 2.75) is 29.4 Å². The average molecular weight is 309 g/mol. The number of carboxylic acid groups (broad SMARTS) is 1. The quantitative estimate of drug-likeness (QED) is 0.877. The van der Waals surface area contributed by atoms with Crippen LogP contribution in [-0.2, 0) is 14.6 Å². The number of carbonyl (C=O) groups is 1. The van der Waals surface area contributed by atoms with Crippen LogP contribution in [0.25, 0.3) is 0 Å². The number of aryl methyl sites for hydroxylation is 1. The number of hydrogen-bond acceptors (Lipinski definition) is 4. The Labute approximate surface area is 124 Å². The lowest BCUT2D eigenvalue weighted by Gasteiger charge is -2.28. The van der Waals surface area contributed by atoms with E-state index in [0.29, 0.717) is 24.4 Å². The molecular formula is C15H19NO4S. The highest BCUT2D eigenvalue weighted by molar-refractivity contribution is 7.93. The lowest BCUT2D eigenvalue weighted by Crippen LogP contribution is -2.43. The Kier molecular flexibility index (Phi) is 3.33. The van der Waals surface area contributed by atoms with Gasteiger partial charge in [-0.05, 0) is 49.9 Å². The molecule has 0 amide bonds. The zero-order valence-electron chi connectivity index (χ0n) is 11.9. The topological polar surface area (TPSA) is 83.5 Å². The molecule has 1 saturated carbocycles. The zero-order valence-corrected chi connectivity index (χ0v) is 12.7. The van der Waals surface area contributed by atoms with E-state index in [1.54, 1.807) is 18.2 Å². The second-order valence-corrected chi connectivity index (χ2v) is 8.48. The highest BCUT2D eigenvalue weighted by atomic mass is 32.2. The minimum Gasteiger partial charge on any atom is -0.481 e. The van der Waals surface area contributed by atoms with Crippen molar-refractivity contribution in [3.05, 3.63) is 29.8 Å². The van der Waals surface area contributed by atoms with Crippen molar-refractivity contribution in [3.63, 3.8) is 0 Å². The first kappa shape index (κ1) is 14.5. The molecule has 3 rings (SSSR count). The van der Waals surface area contributed by atoms with Gasteiger partial charge in [0.2, 0.25) is 0 Å². The highest BCUT2D eigenvalue weighted by Crippen LogP contribution is 2.49. The van der Waals surface area contributed by atoms with Gasteiger partial charge in [0.1, 0.15) is 0 Å². The lowest BCUT2D eigenvalue weighted by molar-refractivity contribution is -0.141. The fraction of sp³-hybridized carbons (Fsp3) is 0.533. The molecule has 1 aromatic rings. The van der Waals surface area contributed by atoms with Crippen molar-refractivity contribution in [3.8, 4) is 0 Å². The van der Waals surface area contributed by atoms with Crippen LogP contribution in [0.5, 0.6) is 0 Å². The zero-order chi connectivity index (χ0) is 15.3. The molecule has 1 aliphatic carbocycles.